The van der Waals surface area contributed by atoms with Crippen molar-refractivity contribution in [1.29, 1.82) is 0 Å². The first-order chi connectivity index (χ1) is 11.1. The summed E-state index contributed by atoms with van der Waals surface area (Å²) >= 11 is 0. The lowest BCUT2D eigenvalue weighted by Gasteiger charge is -2.24. The Balaban J connectivity index is 1.91. The molecule has 2 aromatic carbocycles. The van der Waals surface area contributed by atoms with E-state index < -0.39 is 15.8 Å². The molecule has 1 atom stereocenters. The maximum absolute atomic E-state index is 14.0. The number of hydrogen-bond donors (Lipinski definition) is 0. The van der Waals surface area contributed by atoms with Gasteiger partial charge in [0.2, 0.25) is 10.0 Å². The van der Waals surface area contributed by atoms with Crippen molar-refractivity contribution in [3.63, 3.8) is 0 Å². The summed E-state index contributed by atoms with van der Waals surface area (Å²) in [5.41, 5.74) is 1.14. The lowest BCUT2D eigenvalue weighted by atomic mass is 9.95. The minimum atomic E-state index is -3.80. The quantitative estimate of drug-likeness (QED) is 0.857. The van der Waals surface area contributed by atoms with Crippen molar-refractivity contribution in [2.45, 2.75) is 30.1 Å². The molecule has 3 nitrogen and oxygen atoms in total. The predicted octanol–water partition coefficient (Wildman–Crippen LogP) is 3.78. The van der Waals surface area contributed by atoms with Crippen molar-refractivity contribution in [3.8, 4) is 0 Å². The molecule has 0 bridgehead atoms. The van der Waals surface area contributed by atoms with Crippen LogP contribution in [0.5, 0.6) is 0 Å². The molecule has 0 radical (unpaired) electrons. The van der Waals surface area contributed by atoms with Crippen LogP contribution < -0.4 is 0 Å². The van der Waals surface area contributed by atoms with Gasteiger partial charge in [-0.25, -0.2) is 12.8 Å². The van der Waals surface area contributed by atoms with Gasteiger partial charge in [0.25, 0.3) is 0 Å². The van der Waals surface area contributed by atoms with E-state index in [1.54, 1.807) is 6.07 Å². The smallest absolute Gasteiger partial charge is 0.207 e. The highest BCUT2D eigenvalue weighted by molar-refractivity contribution is 7.89. The highest BCUT2D eigenvalue weighted by Gasteiger charge is 2.31. The molecule has 0 N–H and O–H groups in total. The Hall–Kier alpha value is -1.72. The van der Waals surface area contributed by atoms with Crippen molar-refractivity contribution in [2.75, 3.05) is 13.1 Å². The van der Waals surface area contributed by atoms with Gasteiger partial charge in [0, 0.05) is 13.1 Å². The molecule has 1 heterocycles. The van der Waals surface area contributed by atoms with Crippen LogP contribution in [0.1, 0.15) is 30.7 Å². The molecule has 1 saturated heterocycles. The zero-order chi connectivity index (χ0) is 16.3. The van der Waals surface area contributed by atoms with Crippen LogP contribution >= 0.6 is 0 Å². The third-order valence-corrected chi connectivity index (χ3v) is 6.26. The number of nitrogens with zero attached hydrogens (tertiary/aromatic N) is 1. The molecule has 0 spiro atoms. The minimum Gasteiger partial charge on any atom is -0.207 e. The fourth-order valence-electron chi connectivity index (χ4n) is 3.12. The molecule has 1 aliphatic heterocycles. The normalized spacial score (nSPS) is 20.1. The maximum Gasteiger partial charge on any atom is 0.246 e. The minimum absolute atomic E-state index is 0.153. The third-order valence-electron chi connectivity index (χ3n) is 4.36. The molecular formula is C18H20FNO2S. The topological polar surface area (TPSA) is 37.4 Å². The van der Waals surface area contributed by atoms with E-state index in [0.717, 1.165) is 24.8 Å². The number of rotatable bonds is 3. The largest absolute Gasteiger partial charge is 0.246 e. The zero-order valence-corrected chi connectivity index (χ0v) is 13.7. The van der Waals surface area contributed by atoms with Crippen molar-refractivity contribution in [2.24, 2.45) is 0 Å². The molecule has 0 amide bonds. The Kier molecular flexibility index (Phi) is 4.78. The molecule has 3 rings (SSSR count). The summed E-state index contributed by atoms with van der Waals surface area (Å²) in [6, 6.07) is 15.5. The van der Waals surface area contributed by atoms with Gasteiger partial charge < -0.3 is 0 Å². The summed E-state index contributed by atoms with van der Waals surface area (Å²) in [6.45, 7) is 0.848. The van der Waals surface area contributed by atoms with Crippen LogP contribution in [0.2, 0.25) is 0 Å². The second-order valence-electron chi connectivity index (χ2n) is 5.90. The molecule has 1 aliphatic rings. The van der Waals surface area contributed by atoms with E-state index >= 15 is 0 Å². The van der Waals surface area contributed by atoms with Gasteiger partial charge in [-0.3, -0.25) is 0 Å². The van der Waals surface area contributed by atoms with Crippen molar-refractivity contribution in [1.82, 2.24) is 4.31 Å². The van der Waals surface area contributed by atoms with Crippen LogP contribution in [0.4, 0.5) is 4.39 Å². The number of benzene rings is 2. The van der Waals surface area contributed by atoms with Gasteiger partial charge in [0.1, 0.15) is 10.7 Å². The zero-order valence-electron chi connectivity index (χ0n) is 12.9. The monoisotopic (exact) mass is 333 g/mol. The van der Waals surface area contributed by atoms with Crippen molar-refractivity contribution in [3.05, 3.63) is 66.0 Å². The summed E-state index contributed by atoms with van der Waals surface area (Å²) in [7, 11) is -3.80. The lowest BCUT2D eigenvalue weighted by molar-refractivity contribution is 0.403. The predicted molar refractivity (Wildman–Crippen MR) is 88.2 cm³/mol. The van der Waals surface area contributed by atoms with E-state index in [1.165, 1.54) is 22.5 Å². The Morgan fingerprint density at radius 2 is 1.65 bits per heavy atom. The summed E-state index contributed by atoms with van der Waals surface area (Å²) in [5.74, 6) is -0.534. The van der Waals surface area contributed by atoms with Crippen LogP contribution in [0, 0.1) is 5.82 Å². The molecular weight excluding hydrogens is 313 g/mol. The van der Waals surface area contributed by atoms with E-state index in [9.17, 15) is 12.8 Å². The van der Waals surface area contributed by atoms with Crippen molar-refractivity contribution >= 4 is 10.0 Å². The van der Waals surface area contributed by atoms with Crippen LogP contribution in [-0.2, 0) is 10.0 Å². The number of sulfonamides is 1. The van der Waals surface area contributed by atoms with Gasteiger partial charge in [-0.2, -0.15) is 4.31 Å². The van der Waals surface area contributed by atoms with E-state index in [4.69, 9.17) is 0 Å². The fraction of sp³-hybridized carbons (Fsp3) is 0.333. The molecule has 0 saturated carbocycles. The molecule has 122 valence electrons. The number of halogens is 1. The van der Waals surface area contributed by atoms with Gasteiger partial charge in [-0.05, 0) is 36.5 Å². The average molecular weight is 333 g/mol. The fourth-order valence-corrected chi connectivity index (χ4v) is 4.70. The standard InChI is InChI=1S/C18H20FNO2S/c19-17-11-4-5-12-18(17)23(21,22)20-13-7-6-10-16(14-20)15-8-2-1-3-9-15/h1-5,8-9,11-12,16H,6-7,10,13-14H2. The third kappa shape index (κ3) is 3.46. The first-order valence-corrected chi connectivity index (χ1v) is 9.32. The maximum atomic E-state index is 14.0. The molecule has 5 heteroatoms. The van der Waals surface area contributed by atoms with Gasteiger partial charge in [0.05, 0.1) is 0 Å². The van der Waals surface area contributed by atoms with Crippen LogP contribution in [0.15, 0.2) is 59.5 Å². The molecule has 0 aliphatic carbocycles. The van der Waals surface area contributed by atoms with Gasteiger partial charge in [-0.15, -0.1) is 0 Å². The van der Waals surface area contributed by atoms with Crippen molar-refractivity contribution < 1.29 is 12.8 Å². The summed E-state index contributed by atoms with van der Waals surface area (Å²) in [6.07, 6.45) is 2.73. The second kappa shape index (κ2) is 6.81. The van der Waals surface area contributed by atoms with Crippen LogP contribution in [-0.4, -0.2) is 25.8 Å². The van der Waals surface area contributed by atoms with E-state index in [1.807, 2.05) is 30.3 Å². The Morgan fingerprint density at radius 1 is 0.957 bits per heavy atom. The Morgan fingerprint density at radius 3 is 2.39 bits per heavy atom. The van der Waals surface area contributed by atoms with Gasteiger partial charge in [0.15, 0.2) is 0 Å². The van der Waals surface area contributed by atoms with Crippen LogP contribution in [0.3, 0.4) is 0 Å². The average Bonchev–Trinajstić information content (AvgIpc) is 2.82. The van der Waals surface area contributed by atoms with Gasteiger partial charge in [-0.1, -0.05) is 48.9 Å². The Labute approximate surface area is 136 Å². The van der Waals surface area contributed by atoms with E-state index in [2.05, 4.69) is 0 Å². The summed E-state index contributed by atoms with van der Waals surface area (Å²) in [5, 5.41) is 0. The molecule has 1 unspecified atom stereocenters. The molecule has 1 fully saturated rings. The molecule has 0 aromatic heterocycles. The Bertz CT molecular complexity index is 762. The lowest BCUT2D eigenvalue weighted by Crippen LogP contribution is -2.34. The van der Waals surface area contributed by atoms with Gasteiger partial charge >= 0.3 is 0 Å². The second-order valence-corrected chi connectivity index (χ2v) is 7.80. The molecule has 23 heavy (non-hydrogen) atoms. The molecule has 2 aromatic rings. The first-order valence-electron chi connectivity index (χ1n) is 7.88. The van der Waals surface area contributed by atoms with E-state index in [0.29, 0.717) is 13.1 Å². The summed E-state index contributed by atoms with van der Waals surface area (Å²) < 4.78 is 41.0. The first kappa shape index (κ1) is 16.1. The summed E-state index contributed by atoms with van der Waals surface area (Å²) in [4.78, 5) is -0.228. The highest BCUT2D eigenvalue weighted by atomic mass is 32.2. The number of hydrogen-bond acceptors (Lipinski definition) is 2. The SMILES string of the molecule is O=S(=O)(c1ccccc1F)N1CCCCC(c2ccccc2)C1. The van der Waals surface area contributed by atoms with E-state index in [-0.39, 0.29) is 10.8 Å². The highest BCUT2D eigenvalue weighted by Crippen LogP contribution is 2.30. The van der Waals surface area contributed by atoms with Crippen LogP contribution in [0.25, 0.3) is 0 Å².